The maximum absolute atomic E-state index is 13.8. The molecule has 1 aliphatic rings. The molecule has 0 unspecified atom stereocenters. The second-order valence-corrected chi connectivity index (χ2v) is 7.40. The second kappa shape index (κ2) is 6.50. The fourth-order valence-corrected chi connectivity index (χ4v) is 3.85. The van der Waals surface area contributed by atoms with Crippen LogP contribution in [-0.4, -0.2) is 28.2 Å². The quantitative estimate of drug-likeness (QED) is 0.694. The molecule has 1 N–H and O–H groups in total. The van der Waals surface area contributed by atoms with Crippen LogP contribution in [0.2, 0.25) is 0 Å². The number of aryl methyl sites for hydroxylation is 1. The van der Waals surface area contributed by atoms with Crippen molar-refractivity contribution < 1.29 is 13.9 Å². The van der Waals surface area contributed by atoms with E-state index in [9.17, 15) is 13.9 Å². The third-order valence-electron chi connectivity index (χ3n) is 5.33. The number of allylic oxidation sites excluding steroid dienone is 1. The number of nitrogens with zero attached hydrogens (tertiary/aromatic N) is 2. The normalized spacial score (nSPS) is 15.4. The molecule has 0 saturated carbocycles. The standard InChI is InChI=1S/C22H22F2N2O/c1-13-4-5-20-16(8-13)17-12-25(3)7-6-21(17)26(20)11-14(2)15-9-18(23)22(27)19(24)10-15/h4-5,8-11,27H,6-7,12H2,1-3H3. The number of aromatic hydroxyl groups is 1. The molecular weight excluding hydrogens is 346 g/mol. The van der Waals surface area contributed by atoms with Gasteiger partial charge in [0.05, 0.1) is 5.52 Å². The highest BCUT2D eigenvalue weighted by Crippen LogP contribution is 2.33. The van der Waals surface area contributed by atoms with Crippen molar-refractivity contribution in [3.63, 3.8) is 0 Å². The fraction of sp³-hybridized carbons (Fsp3) is 0.273. The molecule has 4 rings (SSSR count). The number of likely N-dealkylation sites (N-methyl/N-ethyl adjacent to an activating group) is 1. The van der Waals surface area contributed by atoms with Gasteiger partial charge in [-0.1, -0.05) is 11.6 Å². The Hall–Kier alpha value is -2.66. The average Bonchev–Trinajstić information content (AvgIpc) is 2.91. The first kappa shape index (κ1) is 17.7. The molecule has 0 aliphatic carbocycles. The molecule has 3 nitrogen and oxygen atoms in total. The van der Waals surface area contributed by atoms with E-state index in [0.29, 0.717) is 5.56 Å². The minimum absolute atomic E-state index is 0.415. The van der Waals surface area contributed by atoms with Gasteiger partial charge in [0.1, 0.15) is 0 Å². The van der Waals surface area contributed by atoms with E-state index in [2.05, 4.69) is 41.6 Å². The molecule has 3 aromatic rings. The highest BCUT2D eigenvalue weighted by atomic mass is 19.1. The Bertz CT molecular complexity index is 1060. The van der Waals surface area contributed by atoms with Gasteiger partial charge < -0.3 is 14.6 Å². The first-order valence-corrected chi connectivity index (χ1v) is 9.03. The van der Waals surface area contributed by atoms with Crippen LogP contribution in [0.3, 0.4) is 0 Å². The van der Waals surface area contributed by atoms with Gasteiger partial charge in [0.25, 0.3) is 0 Å². The number of phenols is 1. The molecular formula is C22H22F2N2O. The summed E-state index contributed by atoms with van der Waals surface area (Å²) in [6.07, 6.45) is 2.86. The van der Waals surface area contributed by atoms with E-state index in [-0.39, 0.29) is 0 Å². The number of benzene rings is 2. The van der Waals surface area contributed by atoms with Crippen molar-refractivity contribution in [2.75, 3.05) is 13.6 Å². The molecule has 27 heavy (non-hydrogen) atoms. The molecule has 0 spiro atoms. The number of phenolic OH excluding ortho intramolecular Hbond substituents is 1. The molecule has 2 heterocycles. The lowest BCUT2D eigenvalue weighted by molar-refractivity contribution is 0.312. The molecule has 0 radical (unpaired) electrons. The van der Waals surface area contributed by atoms with Crippen LogP contribution in [-0.2, 0) is 13.0 Å². The van der Waals surface area contributed by atoms with E-state index in [1.165, 1.54) is 34.3 Å². The van der Waals surface area contributed by atoms with Crippen molar-refractivity contribution in [1.29, 1.82) is 0 Å². The van der Waals surface area contributed by atoms with E-state index in [0.717, 1.165) is 30.6 Å². The Kier molecular flexibility index (Phi) is 4.27. The van der Waals surface area contributed by atoms with Gasteiger partial charge in [-0.25, -0.2) is 8.78 Å². The van der Waals surface area contributed by atoms with Crippen molar-refractivity contribution in [1.82, 2.24) is 9.47 Å². The van der Waals surface area contributed by atoms with Gasteiger partial charge in [0.15, 0.2) is 17.4 Å². The SMILES string of the molecule is CC(=Cn1c2c(c3cc(C)ccc31)CN(C)CC2)c1cc(F)c(O)c(F)c1. The number of halogens is 2. The van der Waals surface area contributed by atoms with Crippen molar-refractivity contribution in [2.45, 2.75) is 26.8 Å². The fourth-order valence-electron chi connectivity index (χ4n) is 3.85. The van der Waals surface area contributed by atoms with E-state index in [1.54, 1.807) is 0 Å². The second-order valence-electron chi connectivity index (χ2n) is 7.40. The highest BCUT2D eigenvalue weighted by molar-refractivity contribution is 5.90. The zero-order valence-corrected chi connectivity index (χ0v) is 15.7. The van der Waals surface area contributed by atoms with Gasteiger partial charge in [0.2, 0.25) is 0 Å². The summed E-state index contributed by atoms with van der Waals surface area (Å²) in [7, 11) is 2.12. The minimum Gasteiger partial charge on any atom is -0.503 e. The number of aromatic nitrogens is 1. The van der Waals surface area contributed by atoms with E-state index < -0.39 is 17.4 Å². The largest absolute Gasteiger partial charge is 0.503 e. The molecule has 0 amide bonds. The van der Waals surface area contributed by atoms with Crippen molar-refractivity contribution in [3.05, 3.63) is 64.4 Å². The van der Waals surface area contributed by atoms with Gasteiger partial charge in [-0.15, -0.1) is 0 Å². The maximum atomic E-state index is 13.8. The maximum Gasteiger partial charge on any atom is 0.187 e. The minimum atomic E-state index is -0.950. The molecule has 0 atom stereocenters. The van der Waals surface area contributed by atoms with Crippen LogP contribution in [0.25, 0.3) is 22.7 Å². The Morgan fingerprint density at radius 3 is 2.56 bits per heavy atom. The number of hydrogen-bond donors (Lipinski definition) is 1. The van der Waals surface area contributed by atoms with E-state index >= 15 is 0 Å². The van der Waals surface area contributed by atoms with Gasteiger partial charge in [-0.2, -0.15) is 0 Å². The molecule has 0 saturated heterocycles. The number of hydrogen-bond acceptors (Lipinski definition) is 2. The zero-order chi connectivity index (χ0) is 19.3. The third-order valence-corrected chi connectivity index (χ3v) is 5.33. The van der Waals surface area contributed by atoms with Crippen LogP contribution in [0.15, 0.2) is 30.3 Å². The summed E-state index contributed by atoms with van der Waals surface area (Å²) in [4.78, 5) is 2.30. The Morgan fingerprint density at radius 2 is 1.85 bits per heavy atom. The van der Waals surface area contributed by atoms with Crippen LogP contribution in [0.5, 0.6) is 5.75 Å². The number of fused-ring (bicyclic) bond motifs is 3. The van der Waals surface area contributed by atoms with E-state index in [1.807, 2.05) is 13.1 Å². The lowest BCUT2D eigenvalue weighted by atomic mass is 10.0. The summed E-state index contributed by atoms with van der Waals surface area (Å²) in [6, 6.07) is 8.72. The Morgan fingerprint density at radius 1 is 1.15 bits per heavy atom. The molecule has 5 heteroatoms. The van der Waals surface area contributed by atoms with Gasteiger partial charge >= 0.3 is 0 Å². The van der Waals surface area contributed by atoms with Crippen LogP contribution >= 0.6 is 0 Å². The van der Waals surface area contributed by atoms with Crippen LogP contribution in [0, 0.1) is 18.6 Å². The first-order valence-electron chi connectivity index (χ1n) is 9.03. The lowest BCUT2D eigenvalue weighted by Crippen LogP contribution is -2.26. The summed E-state index contributed by atoms with van der Waals surface area (Å²) in [5.41, 5.74) is 6.01. The summed E-state index contributed by atoms with van der Waals surface area (Å²) >= 11 is 0. The summed E-state index contributed by atoms with van der Waals surface area (Å²) in [6.45, 7) is 5.76. The van der Waals surface area contributed by atoms with Gasteiger partial charge in [-0.3, -0.25) is 0 Å². The first-order chi connectivity index (χ1) is 12.8. The molecule has 1 aliphatic heterocycles. The summed E-state index contributed by atoms with van der Waals surface area (Å²) in [5, 5.41) is 10.6. The topological polar surface area (TPSA) is 28.4 Å². The smallest absolute Gasteiger partial charge is 0.187 e. The van der Waals surface area contributed by atoms with Crippen LogP contribution in [0.4, 0.5) is 8.78 Å². The van der Waals surface area contributed by atoms with Crippen LogP contribution in [0.1, 0.15) is 29.3 Å². The predicted octanol–water partition coefficient (Wildman–Crippen LogP) is 4.94. The summed E-state index contributed by atoms with van der Waals surface area (Å²) < 4.78 is 29.7. The zero-order valence-electron chi connectivity index (χ0n) is 15.7. The summed E-state index contributed by atoms with van der Waals surface area (Å²) in [5.74, 6) is -2.84. The Balaban J connectivity index is 1.90. The van der Waals surface area contributed by atoms with Crippen molar-refractivity contribution in [3.8, 4) is 5.75 Å². The Labute approximate surface area is 157 Å². The van der Waals surface area contributed by atoms with Gasteiger partial charge in [-0.05, 0) is 61.9 Å². The molecule has 2 aromatic carbocycles. The van der Waals surface area contributed by atoms with Gasteiger partial charge in [0, 0.05) is 36.8 Å². The van der Waals surface area contributed by atoms with Crippen LogP contribution < -0.4 is 0 Å². The van der Waals surface area contributed by atoms with E-state index in [4.69, 9.17) is 0 Å². The monoisotopic (exact) mass is 368 g/mol. The lowest BCUT2D eigenvalue weighted by Gasteiger charge is -2.23. The van der Waals surface area contributed by atoms with Crippen molar-refractivity contribution >= 4 is 22.7 Å². The molecule has 140 valence electrons. The molecule has 0 bridgehead atoms. The highest BCUT2D eigenvalue weighted by Gasteiger charge is 2.22. The third kappa shape index (κ3) is 3.02. The average molecular weight is 368 g/mol. The molecule has 1 aromatic heterocycles. The number of rotatable bonds is 2. The predicted molar refractivity (Wildman–Crippen MR) is 105 cm³/mol. The van der Waals surface area contributed by atoms with Crippen molar-refractivity contribution in [2.24, 2.45) is 0 Å². The molecule has 0 fully saturated rings.